The predicted molar refractivity (Wildman–Crippen MR) is 81.2 cm³/mol. The number of hydrazone groups is 1. The third-order valence-corrected chi connectivity index (χ3v) is 3.65. The molecule has 108 valence electrons. The summed E-state index contributed by atoms with van der Waals surface area (Å²) in [5.41, 5.74) is 1.85. The van der Waals surface area contributed by atoms with Gasteiger partial charge in [0.25, 0.3) is 0 Å². The molecule has 0 N–H and O–H groups in total. The molecule has 1 aromatic carbocycles. The standard InChI is InChI=1S/C16H15ClN2O2/c17-9-8-16(20)19-14(12-5-2-1-3-6-12)11-13(18-19)15-7-4-10-21-15/h1-7,10,14H,8-9,11H2/t14-/m1/s1. The van der Waals surface area contributed by atoms with E-state index < -0.39 is 0 Å². The molecule has 1 aliphatic rings. The van der Waals surface area contributed by atoms with Crippen LogP contribution < -0.4 is 0 Å². The number of benzene rings is 1. The molecule has 0 spiro atoms. The van der Waals surface area contributed by atoms with Gasteiger partial charge in [-0.05, 0) is 17.7 Å². The Morgan fingerprint density at radius 2 is 2.10 bits per heavy atom. The Bertz CT molecular complexity index is 638. The van der Waals surface area contributed by atoms with Gasteiger partial charge in [-0.3, -0.25) is 4.79 Å². The lowest BCUT2D eigenvalue weighted by Crippen LogP contribution is -2.27. The van der Waals surface area contributed by atoms with Crippen molar-refractivity contribution >= 4 is 23.2 Å². The first-order valence-corrected chi connectivity index (χ1v) is 7.37. The highest BCUT2D eigenvalue weighted by molar-refractivity contribution is 6.19. The van der Waals surface area contributed by atoms with Crippen LogP contribution in [0.4, 0.5) is 0 Å². The minimum atomic E-state index is -0.0954. The quantitative estimate of drug-likeness (QED) is 0.810. The van der Waals surface area contributed by atoms with E-state index in [2.05, 4.69) is 5.10 Å². The molecule has 2 aromatic rings. The third-order valence-electron chi connectivity index (χ3n) is 3.46. The van der Waals surface area contributed by atoms with Crippen molar-refractivity contribution in [3.05, 3.63) is 60.1 Å². The fourth-order valence-corrected chi connectivity index (χ4v) is 2.62. The number of hydrogen-bond acceptors (Lipinski definition) is 3. The van der Waals surface area contributed by atoms with E-state index in [-0.39, 0.29) is 18.4 Å². The molecule has 5 heteroatoms. The zero-order valence-corrected chi connectivity index (χ0v) is 12.2. The van der Waals surface area contributed by atoms with Crippen molar-refractivity contribution in [2.75, 3.05) is 5.88 Å². The Hall–Kier alpha value is -2.07. The molecule has 0 unspecified atom stereocenters. The van der Waals surface area contributed by atoms with Gasteiger partial charge in [-0.2, -0.15) is 5.10 Å². The summed E-state index contributed by atoms with van der Waals surface area (Å²) in [5, 5.41) is 5.99. The molecule has 1 aliphatic heterocycles. The molecular weight excluding hydrogens is 288 g/mol. The van der Waals surface area contributed by atoms with Crippen molar-refractivity contribution in [3.63, 3.8) is 0 Å². The summed E-state index contributed by atoms with van der Waals surface area (Å²) in [6, 6.07) is 13.5. The summed E-state index contributed by atoms with van der Waals surface area (Å²) in [7, 11) is 0. The normalized spacial score (nSPS) is 17.9. The molecule has 0 saturated heterocycles. The molecule has 0 saturated carbocycles. The number of carbonyl (C=O) groups excluding carboxylic acids is 1. The van der Waals surface area contributed by atoms with E-state index in [4.69, 9.17) is 16.0 Å². The van der Waals surface area contributed by atoms with Crippen LogP contribution in [0.3, 0.4) is 0 Å². The van der Waals surface area contributed by atoms with Gasteiger partial charge in [0, 0.05) is 18.7 Å². The summed E-state index contributed by atoms with van der Waals surface area (Å²) >= 11 is 5.69. The van der Waals surface area contributed by atoms with Crippen LogP contribution in [0.5, 0.6) is 0 Å². The number of hydrogen-bond donors (Lipinski definition) is 0. The maximum absolute atomic E-state index is 12.2. The van der Waals surface area contributed by atoms with Crippen molar-refractivity contribution in [1.82, 2.24) is 5.01 Å². The number of halogens is 1. The van der Waals surface area contributed by atoms with E-state index in [0.29, 0.717) is 18.1 Å². The minimum absolute atomic E-state index is 0.0691. The Kier molecular flexibility index (Phi) is 4.06. The average Bonchev–Trinajstić information content (AvgIpc) is 3.17. The number of amides is 1. The predicted octanol–water partition coefficient (Wildman–Crippen LogP) is 3.59. The molecule has 4 nitrogen and oxygen atoms in total. The van der Waals surface area contributed by atoms with Gasteiger partial charge in [0.05, 0.1) is 12.3 Å². The number of alkyl halides is 1. The van der Waals surface area contributed by atoms with Gasteiger partial charge in [-0.25, -0.2) is 5.01 Å². The highest BCUT2D eigenvalue weighted by atomic mass is 35.5. The molecule has 2 heterocycles. The average molecular weight is 303 g/mol. The Morgan fingerprint density at radius 3 is 2.76 bits per heavy atom. The second kappa shape index (κ2) is 6.14. The van der Waals surface area contributed by atoms with Gasteiger partial charge >= 0.3 is 0 Å². The van der Waals surface area contributed by atoms with E-state index in [1.54, 1.807) is 6.26 Å². The van der Waals surface area contributed by atoms with Crippen LogP contribution in [0.25, 0.3) is 0 Å². The highest BCUT2D eigenvalue weighted by Crippen LogP contribution is 2.33. The molecule has 1 aromatic heterocycles. The van der Waals surface area contributed by atoms with E-state index >= 15 is 0 Å². The van der Waals surface area contributed by atoms with Gasteiger partial charge in [0.2, 0.25) is 5.91 Å². The summed E-state index contributed by atoms with van der Waals surface area (Å²) in [6.45, 7) is 0. The fourth-order valence-electron chi connectivity index (χ4n) is 2.46. The van der Waals surface area contributed by atoms with Crippen molar-refractivity contribution in [1.29, 1.82) is 0 Å². The fraction of sp³-hybridized carbons (Fsp3) is 0.250. The van der Waals surface area contributed by atoms with Crippen molar-refractivity contribution in [2.45, 2.75) is 18.9 Å². The lowest BCUT2D eigenvalue weighted by atomic mass is 10.0. The number of rotatable bonds is 4. The summed E-state index contributed by atoms with van der Waals surface area (Å²) < 4.78 is 5.39. The third kappa shape index (κ3) is 2.85. The van der Waals surface area contributed by atoms with Crippen LogP contribution >= 0.6 is 11.6 Å². The lowest BCUT2D eigenvalue weighted by molar-refractivity contribution is -0.132. The van der Waals surface area contributed by atoms with Crippen molar-refractivity contribution < 1.29 is 9.21 Å². The first-order chi connectivity index (χ1) is 10.3. The van der Waals surface area contributed by atoms with Crippen LogP contribution in [-0.4, -0.2) is 22.5 Å². The number of nitrogens with zero attached hydrogens (tertiary/aromatic N) is 2. The largest absolute Gasteiger partial charge is 0.463 e. The molecule has 3 rings (SSSR count). The van der Waals surface area contributed by atoms with E-state index in [1.807, 2.05) is 42.5 Å². The first-order valence-electron chi connectivity index (χ1n) is 6.84. The topological polar surface area (TPSA) is 45.8 Å². The highest BCUT2D eigenvalue weighted by Gasteiger charge is 2.33. The van der Waals surface area contributed by atoms with Crippen LogP contribution in [0.2, 0.25) is 0 Å². The monoisotopic (exact) mass is 302 g/mol. The van der Waals surface area contributed by atoms with E-state index in [0.717, 1.165) is 11.3 Å². The first kappa shape index (κ1) is 13.9. The summed E-state index contributed by atoms with van der Waals surface area (Å²) in [5.74, 6) is 0.931. The second-order valence-electron chi connectivity index (χ2n) is 4.83. The van der Waals surface area contributed by atoms with Gasteiger partial charge in [-0.1, -0.05) is 30.3 Å². The Balaban J connectivity index is 1.91. The molecule has 0 bridgehead atoms. The molecule has 0 radical (unpaired) electrons. The van der Waals surface area contributed by atoms with Crippen LogP contribution in [0.15, 0.2) is 58.2 Å². The van der Waals surface area contributed by atoms with Gasteiger partial charge in [-0.15, -0.1) is 11.6 Å². The Labute approximate surface area is 128 Å². The van der Waals surface area contributed by atoms with E-state index in [9.17, 15) is 4.79 Å². The van der Waals surface area contributed by atoms with Crippen LogP contribution in [-0.2, 0) is 4.79 Å². The minimum Gasteiger partial charge on any atom is -0.463 e. The SMILES string of the molecule is O=C(CCCl)N1N=C(c2ccco2)C[C@@H]1c1ccccc1. The molecule has 1 atom stereocenters. The maximum atomic E-state index is 12.2. The number of furan rings is 1. The van der Waals surface area contributed by atoms with Gasteiger partial charge in [0.1, 0.15) is 11.5 Å². The Morgan fingerprint density at radius 1 is 1.29 bits per heavy atom. The zero-order chi connectivity index (χ0) is 14.7. The molecule has 21 heavy (non-hydrogen) atoms. The van der Waals surface area contributed by atoms with Crippen molar-refractivity contribution in [3.8, 4) is 0 Å². The zero-order valence-electron chi connectivity index (χ0n) is 11.4. The second-order valence-corrected chi connectivity index (χ2v) is 5.21. The maximum Gasteiger partial charge on any atom is 0.244 e. The van der Waals surface area contributed by atoms with Gasteiger partial charge < -0.3 is 4.42 Å². The molecule has 0 aliphatic carbocycles. The van der Waals surface area contributed by atoms with Crippen LogP contribution in [0.1, 0.15) is 30.2 Å². The summed E-state index contributed by atoms with van der Waals surface area (Å²) in [6.07, 6.45) is 2.53. The smallest absolute Gasteiger partial charge is 0.244 e. The van der Waals surface area contributed by atoms with Crippen molar-refractivity contribution in [2.24, 2.45) is 5.10 Å². The van der Waals surface area contributed by atoms with Crippen LogP contribution in [0, 0.1) is 0 Å². The lowest BCUT2D eigenvalue weighted by Gasteiger charge is -2.21. The number of carbonyl (C=O) groups is 1. The summed E-state index contributed by atoms with van der Waals surface area (Å²) in [4.78, 5) is 12.2. The van der Waals surface area contributed by atoms with E-state index in [1.165, 1.54) is 5.01 Å². The molecule has 1 amide bonds. The molecular formula is C16H15ClN2O2. The van der Waals surface area contributed by atoms with Gasteiger partial charge in [0.15, 0.2) is 0 Å². The molecule has 0 fully saturated rings.